The van der Waals surface area contributed by atoms with Gasteiger partial charge in [0.1, 0.15) is 18.4 Å². The minimum atomic E-state index is -0.568. The zero-order chi connectivity index (χ0) is 14.7. The fourth-order valence-corrected chi connectivity index (χ4v) is 1.70. The monoisotopic (exact) mass is 270 g/mol. The smallest absolute Gasteiger partial charge is 0.252 e. The molecule has 0 saturated heterocycles. The van der Waals surface area contributed by atoms with E-state index in [4.69, 9.17) is 11.0 Å². The van der Waals surface area contributed by atoms with E-state index in [1.807, 2.05) is 13.0 Å². The van der Waals surface area contributed by atoms with E-state index in [-0.39, 0.29) is 11.7 Å². The van der Waals surface area contributed by atoms with Gasteiger partial charge >= 0.3 is 0 Å². The van der Waals surface area contributed by atoms with Crippen molar-refractivity contribution in [3.05, 3.63) is 35.9 Å². The molecule has 1 atom stereocenters. The number of amides is 1. The topological polar surface area (TPSA) is 110 Å². The number of aryl methyl sites for hydroxylation is 1. The molecule has 7 nitrogen and oxygen atoms in total. The number of hydrogen-bond acceptors (Lipinski definition) is 5. The highest BCUT2D eigenvalue weighted by Gasteiger charge is 2.17. The molecule has 20 heavy (non-hydrogen) atoms. The van der Waals surface area contributed by atoms with Crippen molar-refractivity contribution < 1.29 is 4.79 Å². The summed E-state index contributed by atoms with van der Waals surface area (Å²) in [6, 6.07) is 6.50. The number of nitrogen functional groups attached to an aromatic ring is 1. The molecule has 1 amide bonds. The summed E-state index contributed by atoms with van der Waals surface area (Å²) in [7, 11) is 0. The summed E-state index contributed by atoms with van der Waals surface area (Å²) < 4.78 is 1.35. The van der Waals surface area contributed by atoms with Crippen LogP contribution in [-0.2, 0) is 4.79 Å². The Balaban J connectivity index is 2.13. The largest absolute Gasteiger partial charge is 0.399 e. The van der Waals surface area contributed by atoms with Crippen molar-refractivity contribution >= 4 is 17.3 Å². The molecule has 0 fully saturated rings. The Bertz CT molecular complexity index is 684. The third-order valence-corrected chi connectivity index (χ3v) is 2.89. The summed E-state index contributed by atoms with van der Waals surface area (Å²) >= 11 is 0. The van der Waals surface area contributed by atoms with Gasteiger partial charge in [0.2, 0.25) is 5.91 Å². The first-order valence-corrected chi connectivity index (χ1v) is 5.99. The van der Waals surface area contributed by atoms with Crippen LogP contribution < -0.4 is 11.1 Å². The van der Waals surface area contributed by atoms with Crippen LogP contribution >= 0.6 is 0 Å². The van der Waals surface area contributed by atoms with Crippen molar-refractivity contribution in [1.29, 1.82) is 5.26 Å². The second-order valence-corrected chi connectivity index (χ2v) is 4.40. The summed E-state index contributed by atoms with van der Waals surface area (Å²) in [5.74, 6) is -0.208. The van der Waals surface area contributed by atoms with Gasteiger partial charge in [-0.1, -0.05) is 0 Å². The Labute approximate surface area is 116 Å². The fraction of sp³-hybridized carbons (Fsp3) is 0.231. The van der Waals surface area contributed by atoms with Crippen LogP contribution in [0.5, 0.6) is 0 Å². The van der Waals surface area contributed by atoms with E-state index < -0.39 is 6.04 Å². The van der Waals surface area contributed by atoms with Gasteiger partial charge in [-0.05, 0) is 37.6 Å². The van der Waals surface area contributed by atoms with Crippen molar-refractivity contribution in [1.82, 2.24) is 14.8 Å². The number of anilines is 2. The zero-order valence-corrected chi connectivity index (χ0v) is 11.2. The van der Waals surface area contributed by atoms with Gasteiger partial charge in [-0.2, -0.15) is 5.26 Å². The van der Waals surface area contributed by atoms with Gasteiger partial charge in [-0.3, -0.25) is 4.79 Å². The molecular weight excluding hydrogens is 256 g/mol. The normalized spacial score (nSPS) is 11.7. The molecule has 1 aromatic heterocycles. The second-order valence-electron chi connectivity index (χ2n) is 4.40. The van der Waals surface area contributed by atoms with Crippen LogP contribution in [0, 0.1) is 18.3 Å². The first-order valence-electron chi connectivity index (χ1n) is 5.99. The molecule has 0 bridgehead atoms. The number of nitrogens with one attached hydrogen (secondary N) is 1. The van der Waals surface area contributed by atoms with E-state index >= 15 is 0 Å². The predicted octanol–water partition coefficient (Wildman–Crippen LogP) is 1.24. The molecule has 1 heterocycles. The van der Waals surface area contributed by atoms with E-state index in [0.29, 0.717) is 11.4 Å². The minimum absolute atomic E-state index is 0.0355. The van der Waals surface area contributed by atoms with Gasteiger partial charge in [-0.25, -0.2) is 9.67 Å². The summed E-state index contributed by atoms with van der Waals surface area (Å²) in [6.07, 6.45) is 1.36. The third kappa shape index (κ3) is 2.75. The Morgan fingerprint density at radius 1 is 1.55 bits per heavy atom. The molecule has 2 rings (SSSR count). The maximum absolute atomic E-state index is 12.1. The van der Waals surface area contributed by atoms with Crippen molar-refractivity contribution in [3.8, 4) is 6.07 Å². The Morgan fingerprint density at radius 2 is 2.30 bits per heavy atom. The summed E-state index contributed by atoms with van der Waals surface area (Å²) in [6.45, 7) is 3.54. The quantitative estimate of drug-likeness (QED) is 0.815. The molecule has 1 aromatic carbocycles. The lowest BCUT2D eigenvalue weighted by Crippen LogP contribution is -2.24. The zero-order valence-electron chi connectivity index (χ0n) is 11.2. The number of rotatable bonds is 3. The van der Waals surface area contributed by atoms with Crippen LogP contribution in [0.2, 0.25) is 0 Å². The number of aromatic nitrogens is 3. The van der Waals surface area contributed by atoms with Crippen LogP contribution in [-0.4, -0.2) is 20.7 Å². The number of nitrogens with zero attached hydrogens (tertiary/aromatic N) is 4. The van der Waals surface area contributed by atoms with Crippen LogP contribution in [0.15, 0.2) is 24.5 Å². The highest BCUT2D eigenvalue weighted by atomic mass is 16.2. The van der Waals surface area contributed by atoms with Gasteiger partial charge in [-0.15, -0.1) is 5.10 Å². The predicted molar refractivity (Wildman–Crippen MR) is 73.7 cm³/mol. The van der Waals surface area contributed by atoms with Gasteiger partial charge in [0.25, 0.3) is 5.82 Å². The molecule has 2 aromatic rings. The van der Waals surface area contributed by atoms with E-state index in [1.54, 1.807) is 25.1 Å². The summed E-state index contributed by atoms with van der Waals surface area (Å²) in [5.41, 5.74) is 7.87. The summed E-state index contributed by atoms with van der Waals surface area (Å²) in [5, 5.41) is 15.4. The molecule has 0 aliphatic rings. The average Bonchev–Trinajstić information content (AvgIpc) is 2.89. The minimum Gasteiger partial charge on any atom is -0.399 e. The molecule has 1 unspecified atom stereocenters. The van der Waals surface area contributed by atoms with E-state index in [1.165, 1.54) is 11.0 Å². The summed E-state index contributed by atoms with van der Waals surface area (Å²) in [4.78, 5) is 15.9. The lowest BCUT2D eigenvalue weighted by atomic mass is 10.1. The van der Waals surface area contributed by atoms with E-state index in [2.05, 4.69) is 15.4 Å². The third-order valence-electron chi connectivity index (χ3n) is 2.89. The van der Waals surface area contributed by atoms with Crippen molar-refractivity contribution in [2.75, 3.05) is 11.1 Å². The second kappa shape index (κ2) is 5.40. The molecule has 0 aliphatic heterocycles. The Hall–Kier alpha value is -2.88. The molecule has 0 spiro atoms. The van der Waals surface area contributed by atoms with Crippen LogP contribution in [0.4, 0.5) is 11.4 Å². The van der Waals surface area contributed by atoms with Crippen LogP contribution in [0.3, 0.4) is 0 Å². The number of hydrogen-bond donors (Lipinski definition) is 2. The van der Waals surface area contributed by atoms with Gasteiger partial charge in [0, 0.05) is 11.4 Å². The highest BCUT2D eigenvalue weighted by molar-refractivity contribution is 5.94. The number of benzene rings is 1. The maximum atomic E-state index is 12.1. The first-order chi connectivity index (χ1) is 9.51. The molecular formula is C13H14N6O. The molecule has 102 valence electrons. The van der Waals surface area contributed by atoms with Gasteiger partial charge in [0.05, 0.1) is 0 Å². The maximum Gasteiger partial charge on any atom is 0.252 e. The first kappa shape index (κ1) is 13.5. The standard InChI is InChI=1S/C13H14N6O/c1-8-5-10(15)3-4-11(8)17-13(20)9(2)19-7-16-12(6-14)18-19/h3-5,7,9H,15H2,1-2H3,(H,17,20). The number of nitrogens with two attached hydrogens (primary N) is 1. The highest BCUT2D eigenvalue weighted by Crippen LogP contribution is 2.19. The Morgan fingerprint density at radius 3 is 2.90 bits per heavy atom. The lowest BCUT2D eigenvalue weighted by Gasteiger charge is -2.13. The average molecular weight is 270 g/mol. The number of carbonyl (C=O) groups excluding carboxylic acids is 1. The number of nitriles is 1. The lowest BCUT2D eigenvalue weighted by molar-refractivity contribution is -0.119. The van der Waals surface area contributed by atoms with E-state index in [9.17, 15) is 4.79 Å². The molecule has 0 saturated carbocycles. The van der Waals surface area contributed by atoms with E-state index in [0.717, 1.165) is 5.56 Å². The molecule has 3 N–H and O–H groups in total. The van der Waals surface area contributed by atoms with Gasteiger partial charge < -0.3 is 11.1 Å². The van der Waals surface area contributed by atoms with Crippen LogP contribution in [0.1, 0.15) is 24.4 Å². The molecule has 0 radical (unpaired) electrons. The van der Waals surface area contributed by atoms with Crippen molar-refractivity contribution in [2.45, 2.75) is 19.9 Å². The molecule has 7 heteroatoms. The van der Waals surface area contributed by atoms with Crippen LogP contribution in [0.25, 0.3) is 0 Å². The van der Waals surface area contributed by atoms with Gasteiger partial charge in [0.15, 0.2) is 0 Å². The van der Waals surface area contributed by atoms with Crippen molar-refractivity contribution in [3.63, 3.8) is 0 Å². The fourth-order valence-electron chi connectivity index (χ4n) is 1.70. The SMILES string of the molecule is Cc1cc(N)ccc1NC(=O)C(C)n1cnc(C#N)n1. The Kier molecular flexibility index (Phi) is 3.66. The van der Waals surface area contributed by atoms with Crippen molar-refractivity contribution in [2.24, 2.45) is 0 Å². The number of carbonyl (C=O) groups is 1. The molecule has 0 aliphatic carbocycles.